The SMILES string of the molecule is COc1ccc(N2CCN([C@@H](c3cc4cc(C)c(C)cc4[nH]c3=O)c3nnnn3CCc3ccccc3)CC2)cc1. The molecule has 0 unspecified atom stereocenters. The van der Waals surface area contributed by atoms with E-state index >= 15 is 0 Å². The molecule has 3 heterocycles. The predicted octanol–water partition coefficient (Wildman–Crippen LogP) is 4.29. The number of nitrogens with one attached hydrogen (secondary N) is 1. The van der Waals surface area contributed by atoms with Gasteiger partial charge in [-0.1, -0.05) is 30.3 Å². The van der Waals surface area contributed by atoms with Crippen molar-refractivity contribution in [3.63, 3.8) is 0 Å². The molecule has 1 atom stereocenters. The second kappa shape index (κ2) is 11.5. The van der Waals surface area contributed by atoms with Crippen LogP contribution in [0.25, 0.3) is 10.9 Å². The maximum absolute atomic E-state index is 13.7. The van der Waals surface area contributed by atoms with Gasteiger partial charge in [0, 0.05) is 49.5 Å². The number of ether oxygens (including phenoxy) is 1. The topological polar surface area (TPSA) is 92.2 Å². The minimum Gasteiger partial charge on any atom is -0.497 e. The fourth-order valence-corrected chi connectivity index (χ4v) is 5.67. The molecule has 5 aromatic rings. The number of pyridine rings is 1. The summed E-state index contributed by atoms with van der Waals surface area (Å²) in [6.07, 6.45) is 0.795. The zero-order valence-electron chi connectivity index (χ0n) is 23.7. The summed E-state index contributed by atoms with van der Waals surface area (Å²) in [5.74, 6) is 1.53. The lowest BCUT2D eigenvalue weighted by Gasteiger charge is -2.39. The van der Waals surface area contributed by atoms with Crippen molar-refractivity contribution in [1.82, 2.24) is 30.1 Å². The average molecular weight is 550 g/mol. The molecule has 1 N–H and O–H groups in total. The van der Waals surface area contributed by atoms with Crippen LogP contribution in [-0.2, 0) is 13.0 Å². The number of tetrazole rings is 1. The van der Waals surface area contributed by atoms with Crippen molar-refractivity contribution in [2.45, 2.75) is 32.9 Å². The number of hydrogen-bond donors (Lipinski definition) is 1. The van der Waals surface area contributed by atoms with E-state index in [1.807, 2.05) is 47.1 Å². The van der Waals surface area contributed by atoms with Gasteiger partial charge < -0.3 is 14.6 Å². The fraction of sp³-hybridized carbons (Fsp3) is 0.312. The number of methoxy groups -OCH3 is 1. The number of fused-ring (bicyclic) bond motifs is 1. The van der Waals surface area contributed by atoms with Crippen LogP contribution in [0.4, 0.5) is 5.69 Å². The number of aryl methyl sites for hydroxylation is 4. The molecule has 0 radical (unpaired) electrons. The zero-order chi connectivity index (χ0) is 28.3. The Bertz CT molecular complexity index is 1690. The Morgan fingerprint density at radius 3 is 2.39 bits per heavy atom. The van der Waals surface area contributed by atoms with Gasteiger partial charge in [0.1, 0.15) is 11.8 Å². The molecule has 0 aliphatic carbocycles. The van der Waals surface area contributed by atoms with Gasteiger partial charge in [-0.2, -0.15) is 0 Å². The first-order chi connectivity index (χ1) is 20.0. The molecule has 0 spiro atoms. The van der Waals surface area contributed by atoms with Crippen LogP contribution in [0, 0.1) is 13.8 Å². The van der Waals surface area contributed by atoms with Gasteiger partial charge in [-0.15, -0.1) is 5.10 Å². The molecule has 1 fully saturated rings. The van der Waals surface area contributed by atoms with Crippen LogP contribution in [0.1, 0.15) is 34.1 Å². The maximum atomic E-state index is 13.7. The van der Waals surface area contributed by atoms with E-state index in [0.717, 1.165) is 60.5 Å². The number of H-pyrrole nitrogens is 1. The van der Waals surface area contributed by atoms with Crippen LogP contribution < -0.4 is 15.2 Å². The molecule has 3 aromatic carbocycles. The van der Waals surface area contributed by atoms with Gasteiger partial charge in [-0.25, -0.2) is 4.68 Å². The number of benzene rings is 3. The highest BCUT2D eigenvalue weighted by molar-refractivity contribution is 5.81. The van der Waals surface area contributed by atoms with Gasteiger partial charge in [0.25, 0.3) is 5.56 Å². The molecular formula is C32H35N7O2. The summed E-state index contributed by atoms with van der Waals surface area (Å²) < 4.78 is 7.19. The number of hydrogen-bond acceptors (Lipinski definition) is 7. The monoisotopic (exact) mass is 549 g/mol. The van der Waals surface area contributed by atoms with Gasteiger partial charge >= 0.3 is 0 Å². The quantitative estimate of drug-likeness (QED) is 0.309. The molecule has 0 bridgehead atoms. The molecule has 6 rings (SSSR count). The zero-order valence-corrected chi connectivity index (χ0v) is 23.7. The van der Waals surface area contributed by atoms with Crippen molar-refractivity contribution >= 4 is 16.6 Å². The summed E-state index contributed by atoms with van der Waals surface area (Å²) in [5, 5.41) is 14.0. The third kappa shape index (κ3) is 5.58. The van der Waals surface area contributed by atoms with Gasteiger partial charge in [-0.05, 0) is 95.2 Å². The fourth-order valence-electron chi connectivity index (χ4n) is 5.67. The molecular weight excluding hydrogens is 514 g/mol. The van der Waals surface area contributed by atoms with Crippen molar-refractivity contribution in [1.29, 1.82) is 0 Å². The van der Waals surface area contributed by atoms with Gasteiger partial charge in [0.05, 0.1) is 7.11 Å². The van der Waals surface area contributed by atoms with Crippen molar-refractivity contribution in [2.24, 2.45) is 0 Å². The third-order valence-corrected chi connectivity index (χ3v) is 8.16. The molecule has 9 nitrogen and oxygen atoms in total. The Kier molecular flexibility index (Phi) is 7.52. The number of anilines is 1. The van der Waals surface area contributed by atoms with Crippen LogP contribution in [0.2, 0.25) is 0 Å². The summed E-state index contributed by atoms with van der Waals surface area (Å²) in [5.41, 5.74) is 6.10. The number of aromatic amines is 1. The lowest BCUT2D eigenvalue weighted by molar-refractivity contribution is 0.199. The van der Waals surface area contributed by atoms with Crippen LogP contribution in [-0.4, -0.2) is 63.4 Å². The molecule has 0 saturated carbocycles. The first-order valence-corrected chi connectivity index (χ1v) is 14.1. The highest BCUT2D eigenvalue weighted by Gasteiger charge is 2.32. The van der Waals surface area contributed by atoms with E-state index in [1.54, 1.807) is 7.11 Å². The largest absolute Gasteiger partial charge is 0.497 e. The van der Waals surface area contributed by atoms with E-state index in [0.29, 0.717) is 17.9 Å². The molecule has 9 heteroatoms. The number of aromatic nitrogens is 5. The second-order valence-corrected chi connectivity index (χ2v) is 10.7. The molecule has 1 aliphatic heterocycles. The van der Waals surface area contributed by atoms with Gasteiger partial charge in [0.15, 0.2) is 5.82 Å². The van der Waals surface area contributed by atoms with Crippen LogP contribution in [0.15, 0.2) is 77.6 Å². The minimum atomic E-state index is -0.381. The highest BCUT2D eigenvalue weighted by atomic mass is 16.5. The van der Waals surface area contributed by atoms with Crippen LogP contribution >= 0.6 is 0 Å². The minimum absolute atomic E-state index is 0.110. The van der Waals surface area contributed by atoms with Crippen LogP contribution in [0.5, 0.6) is 5.75 Å². The van der Waals surface area contributed by atoms with Gasteiger partial charge in [0.2, 0.25) is 0 Å². The van der Waals surface area contributed by atoms with E-state index in [9.17, 15) is 4.79 Å². The summed E-state index contributed by atoms with van der Waals surface area (Å²) in [6.45, 7) is 7.93. The summed E-state index contributed by atoms with van der Waals surface area (Å²) in [7, 11) is 1.68. The Morgan fingerprint density at radius 2 is 1.66 bits per heavy atom. The molecule has 1 aliphatic rings. The van der Waals surface area contributed by atoms with E-state index < -0.39 is 0 Å². The molecule has 41 heavy (non-hydrogen) atoms. The van der Waals surface area contributed by atoms with Crippen molar-refractivity contribution < 1.29 is 4.74 Å². The first-order valence-electron chi connectivity index (χ1n) is 14.1. The van der Waals surface area contributed by atoms with E-state index in [2.05, 4.69) is 74.5 Å². The molecule has 0 amide bonds. The van der Waals surface area contributed by atoms with E-state index in [4.69, 9.17) is 4.74 Å². The number of nitrogens with zero attached hydrogens (tertiary/aromatic N) is 6. The summed E-state index contributed by atoms with van der Waals surface area (Å²) >= 11 is 0. The van der Waals surface area contributed by atoms with Crippen molar-refractivity contribution in [3.05, 3.63) is 111 Å². The molecule has 2 aromatic heterocycles. The van der Waals surface area contributed by atoms with Gasteiger partial charge in [-0.3, -0.25) is 9.69 Å². The van der Waals surface area contributed by atoms with E-state index in [1.165, 1.54) is 11.1 Å². The first kappa shape index (κ1) is 26.7. The standard InChI is InChI=1S/C32H35N7O2/c1-22-19-25-21-28(32(40)33-29(25)20-23(22)2)30(31-34-35-36-39(31)14-13-24-7-5-4-6-8-24)38-17-15-37(16-18-38)26-9-11-27(41-3)12-10-26/h4-12,19-21,30H,13-18H2,1-3H3,(H,33,40)/t30-/m0/s1. The summed E-state index contributed by atoms with van der Waals surface area (Å²) in [6, 6.07) is 24.3. The maximum Gasteiger partial charge on any atom is 0.253 e. The van der Waals surface area contributed by atoms with Crippen molar-refractivity contribution in [2.75, 3.05) is 38.2 Å². The third-order valence-electron chi connectivity index (χ3n) is 8.16. The summed E-state index contributed by atoms with van der Waals surface area (Å²) in [4.78, 5) is 21.5. The Balaban J connectivity index is 1.34. The Labute approximate surface area is 239 Å². The Hall–Kier alpha value is -4.50. The molecule has 1 saturated heterocycles. The predicted molar refractivity (Wildman–Crippen MR) is 161 cm³/mol. The lowest BCUT2D eigenvalue weighted by atomic mass is 10.00. The number of rotatable bonds is 8. The second-order valence-electron chi connectivity index (χ2n) is 10.7. The smallest absolute Gasteiger partial charge is 0.253 e. The Morgan fingerprint density at radius 1 is 0.927 bits per heavy atom. The lowest BCUT2D eigenvalue weighted by Crippen LogP contribution is -2.49. The highest BCUT2D eigenvalue weighted by Crippen LogP contribution is 2.30. The van der Waals surface area contributed by atoms with Crippen molar-refractivity contribution in [3.8, 4) is 5.75 Å². The number of piperazine rings is 1. The van der Waals surface area contributed by atoms with E-state index in [-0.39, 0.29) is 11.6 Å². The normalized spacial score (nSPS) is 14.9. The molecule has 210 valence electrons. The average Bonchev–Trinajstić information content (AvgIpc) is 3.46. The van der Waals surface area contributed by atoms with Crippen LogP contribution in [0.3, 0.4) is 0 Å².